The SMILES string of the molecule is CCCCCCCOc1ccc(C(=O)c2c(C)c(C#N)c(=O)n(CC)c2O)cc1. The Labute approximate surface area is 171 Å². The molecule has 29 heavy (non-hydrogen) atoms. The fourth-order valence-electron chi connectivity index (χ4n) is 3.26. The van der Waals surface area contributed by atoms with Crippen molar-refractivity contribution < 1.29 is 14.6 Å². The lowest BCUT2D eigenvalue weighted by molar-refractivity contribution is 0.103. The number of hydrogen-bond acceptors (Lipinski definition) is 5. The number of aromatic hydroxyl groups is 1. The van der Waals surface area contributed by atoms with Crippen LogP contribution in [0.15, 0.2) is 29.1 Å². The molecular weight excluding hydrogens is 368 g/mol. The Morgan fingerprint density at radius 2 is 1.79 bits per heavy atom. The Kier molecular flexibility index (Phi) is 8.02. The van der Waals surface area contributed by atoms with Crippen LogP contribution in [-0.4, -0.2) is 22.1 Å². The molecule has 0 radical (unpaired) electrons. The number of ketones is 1. The number of nitrogens with zero attached hydrogens (tertiary/aromatic N) is 2. The van der Waals surface area contributed by atoms with Crippen molar-refractivity contribution in [2.24, 2.45) is 0 Å². The van der Waals surface area contributed by atoms with E-state index in [1.54, 1.807) is 31.2 Å². The molecule has 0 saturated carbocycles. The van der Waals surface area contributed by atoms with E-state index >= 15 is 0 Å². The van der Waals surface area contributed by atoms with Gasteiger partial charge in [-0.1, -0.05) is 32.6 Å². The Hall–Kier alpha value is -3.07. The molecule has 0 amide bonds. The summed E-state index contributed by atoms with van der Waals surface area (Å²) in [5.41, 5.74) is -0.200. The van der Waals surface area contributed by atoms with E-state index in [9.17, 15) is 20.0 Å². The van der Waals surface area contributed by atoms with Crippen LogP contribution in [0.4, 0.5) is 0 Å². The van der Waals surface area contributed by atoms with Gasteiger partial charge in [0.2, 0.25) is 5.88 Å². The summed E-state index contributed by atoms with van der Waals surface area (Å²) in [5.74, 6) is -0.176. The third kappa shape index (κ3) is 5.05. The van der Waals surface area contributed by atoms with Crippen LogP contribution in [0.1, 0.15) is 73.0 Å². The topological polar surface area (TPSA) is 92.3 Å². The van der Waals surface area contributed by atoms with Crippen LogP contribution in [0.25, 0.3) is 0 Å². The first-order valence-corrected chi connectivity index (χ1v) is 10.1. The van der Waals surface area contributed by atoms with Gasteiger partial charge >= 0.3 is 0 Å². The molecule has 1 N–H and O–H groups in total. The number of carbonyl (C=O) groups excluding carboxylic acids is 1. The van der Waals surface area contributed by atoms with Gasteiger partial charge in [0, 0.05) is 12.1 Å². The summed E-state index contributed by atoms with van der Waals surface area (Å²) < 4.78 is 6.75. The average molecular weight is 396 g/mol. The molecule has 0 bridgehead atoms. The highest BCUT2D eigenvalue weighted by Crippen LogP contribution is 2.25. The summed E-state index contributed by atoms with van der Waals surface area (Å²) in [6.07, 6.45) is 5.78. The van der Waals surface area contributed by atoms with Gasteiger partial charge in [-0.2, -0.15) is 5.26 Å². The molecule has 0 aliphatic heterocycles. The number of benzene rings is 1. The van der Waals surface area contributed by atoms with Crippen LogP contribution in [0.5, 0.6) is 11.6 Å². The minimum atomic E-state index is -0.593. The number of rotatable bonds is 10. The van der Waals surface area contributed by atoms with Gasteiger partial charge in [-0.3, -0.25) is 14.2 Å². The van der Waals surface area contributed by atoms with Crippen LogP contribution < -0.4 is 10.3 Å². The minimum absolute atomic E-state index is 0.0207. The second-order valence-electron chi connectivity index (χ2n) is 6.98. The van der Waals surface area contributed by atoms with E-state index in [2.05, 4.69) is 6.92 Å². The molecule has 0 aliphatic rings. The lowest BCUT2D eigenvalue weighted by atomic mass is 9.97. The fourth-order valence-corrected chi connectivity index (χ4v) is 3.26. The number of carbonyl (C=O) groups is 1. The second kappa shape index (κ2) is 10.5. The largest absolute Gasteiger partial charge is 0.494 e. The van der Waals surface area contributed by atoms with Crippen molar-refractivity contribution in [3.05, 3.63) is 56.9 Å². The molecular formula is C23H28N2O4. The molecule has 0 unspecified atom stereocenters. The molecule has 154 valence electrons. The molecule has 0 aliphatic carbocycles. The summed E-state index contributed by atoms with van der Waals surface area (Å²) in [6, 6.07) is 8.53. The van der Waals surface area contributed by atoms with E-state index in [1.807, 2.05) is 6.07 Å². The molecule has 0 spiro atoms. The molecule has 1 heterocycles. The van der Waals surface area contributed by atoms with Crippen molar-refractivity contribution in [1.82, 2.24) is 4.57 Å². The minimum Gasteiger partial charge on any atom is -0.494 e. The number of nitriles is 1. The molecule has 1 aromatic carbocycles. The van der Waals surface area contributed by atoms with E-state index < -0.39 is 17.2 Å². The molecule has 0 saturated heterocycles. The van der Waals surface area contributed by atoms with Gasteiger partial charge in [0.15, 0.2) is 5.78 Å². The molecule has 0 fully saturated rings. The molecule has 1 aromatic heterocycles. The highest BCUT2D eigenvalue weighted by molar-refractivity contribution is 6.11. The maximum absolute atomic E-state index is 13.0. The quantitative estimate of drug-likeness (QED) is 0.476. The molecule has 6 nitrogen and oxygen atoms in total. The van der Waals surface area contributed by atoms with Crippen molar-refractivity contribution in [2.45, 2.75) is 59.4 Å². The smallest absolute Gasteiger partial charge is 0.271 e. The van der Waals surface area contributed by atoms with Gasteiger partial charge in [-0.25, -0.2) is 0 Å². The van der Waals surface area contributed by atoms with Crippen molar-refractivity contribution in [1.29, 1.82) is 5.26 Å². The predicted molar refractivity (Wildman–Crippen MR) is 112 cm³/mol. The number of hydrogen-bond donors (Lipinski definition) is 1. The Bertz CT molecular complexity index is 953. The molecule has 0 atom stereocenters. The average Bonchev–Trinajstić information content (AvgIpc) is 2.71. The van der Waals surface area contributed by atoms with Crippen molar-refractivity contribution in [3.8, 4) is 17.7 Å². The first-order chi connectivity index (χ1) is 14.0. The Morgan fingerprint density at radius 3 is 2.38 bits per heavy atom. The highest BCUT2D eigenvalue weighted by atomic mass is 16.5. The van der Waals surface area contributed by atoms with Gasteiger partial charge < -0.3 is 9.84 Å². The van der Waals surface area contributed by atoms with Crippen LogP contribution in [0.3, 0.4) is 0 Å². The maximum atomic E-state index is 13.0. The zero-order valence-electron chi connectivity index (χ0n) is 17.3. The van der Waals surface area contributed by atoms with Crippen molar-refractivity contribution in [3.63, 3.8) is 0 Å². The highest BCUT2D eigenvalue weighted by Gasteiger charge is 2.24. The number of unbranched alkanes of at least 4 members (excludes halogenated alkanes) is 4. The summed E-state index contributed by atoms with van der Waals surface area (Å²) in [7, 11) is 0. The summed E-state index contributed by atoms with van der Waals surface area (Å²) in [4.78, 5) is 25.2. The third-order valence-electron chi connectivity index (χ3n) is 4.98. The van der Waals surface area contributed by atoms with Gasteiger partial charge in [0.05, 0.1) is 12.2 Å². The van der Waals surface area contributed by atoms with E-state index in [-0.39, 0.29) is 23.2 Å². The first-order valence-electron chi connectivity index (χ1n) is 10.1. The van der Waals surface area contributed by atoms with E-state index in [1.165, 1.54) is 26.2 Å². The Balaban J connectivity index is 2.19. The van der Waals surface area contributed by atoms with E-state index in [0.717, 1.165) is 17.4 Å². The van der Waals surface area contributed by atoms with E-state index in [4.69, 9.17) is 4.74 Å². The van der Waals surface area contributed by atoms with Gasteiger partial charge in [-0.15, -0.1) is 0 Å². The lowest BCUT2D eigenvalue weighted by Crippen LogP contribution is -2.26. The number of aromatic nitrogens is 1. The zero-order chi connectivity index (χ0) is 21.4. The standard InChI is InChI=1S/C23H28N2O4/c1-4-6-7-8-9-14-29-18-12-10-17(11-13-18)21(26)20-16(3)19(15-24)22(27)25(5-2)23(20)28/h10-13,28H,4-9,14H2,1-3H3. The fraction of sp³-hybridized carbons (Fsp3) is 0.435. The van der Waals surface area contributed by atoms with E-state index in [0.29, 0.717) is 17.9 Å². The van der Waals surface area contributed by atoms with Crippen LogP contribution >= 0.6 is 0 Å². The van der Waals surface area contributed by atoms with Gasteiger partial charge in [0.25, 0.3) is 5.56 Å². The normalized spacial score (nSPS) is 10.6. The second-order valence-corrected chi connectivity index (χ2v) is 6.98. The first kappa shape index (κ1) is 22.2. The summed E-state index contributed by atoms with van der Waals surface area (Å²) >= 11 is 0. The van der Waals surface area contributed by atoms with Crippen molar-refractivity contribution >= 4 is 5.78 Å². The van der Waals surface area contributed by atoms with Crippen LogP contribution in [0.2, 0.25) is 0 Å². The number of pyridine rings is 1. The molecule has 6 heteroatoms. The molecule has 2 rings (SSSR count). The summed E-state index contributed by atoms with van der Waals surface area (Å²) in [5, 5.41) is 19.8. The van der Waals surface area contributed by atoms with Crippen LogP contribution in [-0.2, 0) is 6.54 Å². The maximum Gasteiger partial charge on any atom is 0.271 e. The lowest BCUT2D eigenvalue weighted by Gasteiger charge is -2.14. The molecule has 2 aromatic rings. The van der Waals surface area contributed by atoms with Gasteiger partial charge in [0.1, 0.15) is 17.4 Å². The van der Waals surface area contributed by atoms with Crippen molar-refractivity contribution in [2.75, 3.05) is 6.61 Å². The monoisotopic (exact) mass is 396 g/mol. The third-order valence-corrected chi connectivity index (χ3v) is 4.98. The van der Waals surface area contributed by atoms with Gasteiger partial charge in [-0.05, 0) is 50.1 Å². The zero-order valence-corrected chi connectivity index (χ0v) is 17.3. The predicted octanol–water partition coefficient (Wildman–Crippen LogP) is 4.33. The number of ether oxygens (including phenoxy) is 1. The summed E-state index contributed by atoms with van der Waals surface area (Å²) in [6.45, 7) is 6.14. The van der Waals surface area contributed by atoms with Crippen LogP contribution in [0, 0.1) is 18.3 Å². The Morgan fingerprint density at radius 1 is 1.14 bits per heavy atom.